The molecule has 0 aliphatic carbocycles. The van der Waals surface area contributed by atoms with Crippen LogP contribution in [-0.2, 0) is 4.74 Å². The number of hydrogen-bond donors (Lipinski definition) is 1. The maximum Gasteiger partial charge on any atom is 0.270 e. The van der Waals surface area contributed by atoms with Crippen LogP contribution in [-0.4, -0.2) is 50.2 Å². The topological polar surface area (TPSA) is 88.0 Å². The molecule has 1 N–H and O–H groups in total. The lowest BCUT2D eigenvalue weighted by molar-refractivity contribution is -0.384. The standard InChI is InChI=1S/C21H24N4O4/c26-21(22-18-5-1-2-6-20(18)23-9-3-4-10-23)17-15-16(25(27)28)7-8-19(17)24-11-13-29-14-12-24/h1-2,5-8,15H,3-4,9-14H2,(H,22,26). The van der Waals surface area contributed by atoms with Gasteiger partial charge in [0.25, 0.3) is 11.6 Å². The van der Waals surface area contributed by atoms with Crippen molar-refractivity contribution in [3.63, 3.8) is 0 Å². The fourth-order valence-corrected chi connectivity index (χ4v) is 3.90. The second kappa shape index (κ2) is 8.48. The Morgan fingerprint density at radius 3 is 2.38 bits per heavy atom. The summed E-state index contributed by atoms with van der Waals surface area (Å²) >= 11 is 0. The number of nitrogens with zero attached hydrogens (tertiary/aromatic N) is 3. The maximum absolute atomic E-state index is 13.2. The summed E-state index contributed by atoms with van der Waals surface area (Å²) in [5, 5.41) is 14.3. The minimum Gasteiger partial charge on any atom is -0.378 e. The average molecular weight is 396 g/mol. The average Bonchev–Trinajstić information content (AvgIpc) is 3.29. The van der Waals surface area contributed by atoms with Crippen molar-refractivity contribution in [1.29, 1.82) is 0 Å². The zero-order valence-corrected chi connectivity index (χ0v) is 16.2. The number of para-hydroxylation sites is 2. The van der Waals surface area contributed by atoms with Crippen LogP contribution >= 0.6 is 0 Å². The first kappa shape index (κ1) is 19.2. The zero-order valence-electron chi connectivity index (χ0n) is 16.2. The molecule has 0 aromatic heterocycles. The van der Waals surface area contributed by atoms with E-state index in [2.05, 4.69) is 10.2 Å². The van der Waals surface area contributed by atoms with E-state index in [-0.39, 0.29) is 11.6 Å². The van der Waals surface area contributed by atoms with Crippen LogP contribution in [0.3, 0.4) is 0 Å². The second-order valence-electron chi connectivity index (χ2n) is 7.22. The first-order chi connectivity index (χ1) is 14.1. The molecular formula is C21H24N4O4. The fraction of sp³-hybridized carbons (Fsp3) is 0.381. The number of hydrogen-bond acceptors (Lipinski definition) is 6. The van der Waals surface area contributed by atoms with E-state index < -0.39 is 4.92 Å². The van der Waals surface area contributed by atoms with Crippen molar-refractivity contribution in [3.8, 4) is 0 Å². The van der Waals surface area contributed by atoms with Gasteiger partial charge in [0.15, 0.2) is 0 Å². The summed E-state index contributed by atoms with van der Waals surface area (Å²) in [6, 6.07) is 12.2. The molecule has 0 unspecified atom stereocenters. The van der Waals surface area contributed by atoms with Crippen molar-refractivity contribution in [2.45, 2.75) is 12.8 Å². The van der Waals surface area contributed by atoms with Crippen LogP contribution in [0.2, 0.25) is 0 Å². The van der Waals surface area contributed by atoms with Gasteiger partial charge in [0.2, 0.25) is 0 Å². The Morgan fingerprint density at radius 2 is 1.66 bits per heavy atom. The lowest BCUT2D eigenvalue weighted by atomic mass is 10.1. The zero-order chi connectivity index (χ0) is 20.2. The molecule has 1 amide bonds. The van der Waals surface area contributed by atoms with Crippen LogP contribution in [0, 0.1) is 10.1 Å². The van der Waals surface area contributed by atoms with Crippen molar-refractivity contribution < 1.29 is 14.5 Å². The number of nitro benzene ring substituents is 1. The molecule has 0 spiro atoms. The predicted molar refractivity (Wildman–Crippen MR) is 112 cm³/mol. The first-order valence-corrected chi connectivity index (χ1v) is 9.90. The SMILES string of the molecule is O=C(Nc1ccccc1N1CCCC1)c1cc([N+](=O)[O-])ccc1N1CCOCC1. The molecule has 2 heterocycles. The monoisotopic (exact) mass is 396 g/mol. The van der Waals surface area contributed by atoms with Gasteiger partial charge in [0, 0.05) is 38.3 Å². The largest absolute Gasteiger partial charge is 0.378 e. The number of carbonyl (C=O) groups is 1. The summed E-state index contributed by atoms with van der Waals surface area (Å²) in [7, 11) is 0. The number of benzene rings is 2. The summed E-state index contributed by atoms with van der Waals surface area (Å²) in [5.41, 5.74) is 2.60. The molecule has 2 aromatic rings. The molecule has 4 rings (SSSR count). The third-order valence-corrected chi connectivity index (χ3v) is 5.39. The van der Waals surface area contributed by atoms with Crippen molar-refractivity contribution in [1.82, 2.24) is 0 Å². The Morgan fingerprint density at radius 1 is 0.966 bits per heavy atom. The maximum atomic E-state index is 13.2. The lowest BCUT2D eigenvalue weighted by Crippen LogP contribution is -2.37. The molecule has 2 aromatic carbocycles. The Labute approximate surface area is 169 Å². The van der Waals surface area contributed by atoms with E-state index in [0.29, 0.717) is 37.6 Å². The lowest BCUT2D eigenvalue weighted by Gasteiger charge is -2.30. The number of amides is 1. The minimum absolute atomic E-state index is 0.0972. The Bertz CT molecular complexity index is 905. The number of nitrogens with one attached hydrogen (secondary N) is 1. The van der Waals surface area contributed by atoms with Crippen molar-refractivity contribution in [2.75, 3.05) is 54.5 Å². The highest BCUT2D eigenvalue weighted by molar-refractivity contribution is 6.10. The molecule has 8 nitrogen and oxygen atoms in total. The number of nitro groups is 1. The Hall–Kier alpha value is -3.13. The summed E-state index contributed by atoms with van der Waals surface area (Å²) in [6.07, 6.45) is 2.27. The summed E-state index contributed by atoms with van der Waals surface area (Å²) in [6.45, 7) is 4.34. The molecule has 2 aliphatic rings. The van der Waals surface area contributed by atoms with E-state index in [9.17, 15) is 14.9 Å². The van der Waals surface area contributed by atoms with Gasteiger partial charge in [-0.25, -0.2) is 0 Å². The van der Waals surface area contributed by atoms with Gasteiger partial charge in [-0.3, -0.25) is 14.9 Å². The smallest absolute Gasteiger partial charge is 0.270 e. The number of non-ortho nitro benzene ring substituents is 1. The van der Waals surface area contributed by atoms with Gasteiger partial charge in [-0.2, -0.15) is 0 Å². The molecule has 2 fully saturated rings. The van der Waals surface area contributed by atoms with E-state index in [1.54, 1.807) is 6.07 Å². The van der Waals surface area contributed by atoms with Gasteiger partial charge < -0.3 is 19.9 Å². The van der Waals surface area contributed by atoms with Gasteiger partial charge in [-0.05, 0) is 31.0 Å². The number of anilines is 3. The quantitative estimate of drug-likeness (QED) is 0.616. The van der Waals surface area contributed by atoms with Gasteiger partial charge in [0.05, 0.1) is 40.8 Å². The van der Waals surface area contributed by atoms with Crippen molar-refractivity contribution >= 4 is 28.7 Å². The number of ether oxygens (including phenoxy) is 1. The second-order valence-corrected chi connectivity index (χ2v) is 7.22. The van der Waals surface area contributed by atoms with Crippen LogP contribution in [0.1, 0.15) is 23.2 Å². The van der Waals surface area contributed by atoms with E-state index >= 15 is 0 Å². The summed E-state index contributed by atoms with van der Waals surface area (Å²) in [4.78, 5) is 28.3. The Balaban J connectivity index is 1.65. The molecule has 2 aliphatic heterocycles. The molecule has 29 heavy (non-hydrogen) atoms. The molecule has 0 atom stereocenters. The van der Waals surface area contributed by atoms with Crippen LogP contribution in [0.15, 0.2) is 42.5 Å². The normalized spacial score (nSPS) is 16.7. The van der Waals surface area contributed by atoms with Crippen molar-refractivity contribution in [2.24, 2.45) is 0 Å². The number of carbonyl (C=O) groups excluding carboxylic acids is 1. The Kier molecular flexibility index (Phi) is 5.62. The number of morpholine rings is 1. The molecular weight excluding hydrogens is 372 g/mol. The highest BCUT2D eigenvalue weighted by atomic mass is 16.6. The van der Waals surface area contributed by atoms with Gasteiger partial charge >= 0.3 is 0 Å². The number of rotatable bonds is 5. The van der Waals surface area contributed by atoms with Gasteiger partial charge in [-0.1, -0.05) is 12.1 Å². The molecule has 8 heteroatoms. The van der Waals surface area contributed by atoms with Crippen LogP contribution < -0.4 is 15.1 Å². The van der Waals surface area contributed by atoms with E-state index in [1.165, 1.54) is 12.1 Å². The van der Waals surface area contributed by atoms with E-state index in [0.717, 1.165) is 37.3 Å². The highest BCUT2D eigenvalue weighted by Crippen LogP contribution is 2.31. The fourth-order valence-electron chi connectivity index (χ4n) is 3.90. The molecule has 152 valence electrons. The van der Waals surface area contributed by atoms with E-state index in [1.807, 2.05) is 29.2 Å². The van der Waals surface area contributed by atoms with Crippen molar-refractivity contribution in [3.05, 3.63) is 58.1 Å². The molecule has 0 bridgehead atoms. The third-order valence-electron chi connectivity index (χ3n) is 5.39. The molecule has 2 saturated heterocycles. The van der Waals surface area contributed by atoms with Crippen LogP contribution in [0.4, 0.5) is 22.7 Å². The summed E-state index contributed by atoms with van der Waals surface area (Å²) in [5.74, 6) is -0.346. The third kappa shape index (κ3) is 4.17. The van der Waals surface area contributed by atoms with Crippen LogP contribution in [0.25, 0.3) is 0 Å². The van der Waals surface area contributed by atoms with Gasteiger partial charge in [0.1, 0.15) is 0 Å². The van der Waals surface area contributed by atoms with Crippen LogP contribution in [0.5, 0.6) is 0 Å². The molecule has 0 radical (unpaired) electrons. The first-order valence-electron chi connectivity index (χ1n) is 9.90. The highest BCUT2D eigenvalue weighted by Gasteiger charge is 2.23. The minimum atomic E-state index is -0.474. The van der Waals surface area contributed by atoms with Gasteiger partial charge in [-0.15, -0.1) is 0 Å². The predicted octanol–water partition coefficient (Wildman–Crippen LogP) is 3.28. The molecule has 0 saturated carbocycles. The summed E-state index contributed by atoms with van der Waals surface area (Å²) < 4.78 is 5.40. The van der Waals surface area contributed by atoms with E-state index in [4.69, 9.17) is 4.74 Å².